The Labute approximate surface area is 402 Å². The van der Waals surface area contributed by atoms with E-state index < -0.39 is 108 Å². The molecule has 1 heterocycles. The number of nitrogens with one attached hydrogen (secondary N) is 6. The van der Waals surface area contributed by atoms with Crippen molar-refractivity contribution in [2.24, 2.45) is 23.5 Å². The molecule has 3 aromatic rings. The molecule has 0 aromatic heterocycles. The number of carboxylic acid groups (broad SMARTS) is 1. The number of amides is 7. The van der Waals surface area contributed by atoms with E-state index in [1.807, 2.05) is 19.9 Å². The Hall–Kier alpha value is -7.02. The fourth-order valence-corrected chi connectivity index (χ4v) is 7.95. The Kier molecular flexibility index (Phi) is 20.5. The SMILES string of the molecule is CC(C)C[C@H](N)C(=O)N[C@@H](Cc1ccccc1)C(=O)NCC(=O)N[C@@H](Cc1ccc(O)cc1)C(=O)N1CCC[C@H]1C(=O)N[C@H](C(=O)N[C@@H](Cc1ccc(O)cc1)C(=O)N[C@H](C(=O)O)C(C)C)C(C)C. The number of aliphatic carboxylic acids is 1. The quantitative estimate of drug-likeness (QED) is 0.0610. The zero-order valence-electron chi connectivity index (χ0n) is 40.1. The van der Waals surface area contributed by atoms with Gasteiger partial charge in [0.1, 0.15) is 47.8 Å². The van der Waals surface area contributed by atoms with Crippen LogP contribution in [0.4, 0.5) is 0 Å². The van der Waals surface area contributed by atoms with Crippen molar-refractivity contribution in [2.45, 2.75) is 122 Å². The summed E-state index contributed by atoms with van der Waals surface area (Å²) in [5.74, 6) is -6.95. The van der Waals surface area contributed by atoms with Crippen molar-refractivity contribution in [3.05, 3.63) is 95.6 Å². The Bertz CT molecular complexity index is 2240. The van der Waals surface area contributed by atoms with E-state index in [2.05, 4.69) is 31.9 Å². The van der Waals surface area contributed by atoms with Crippen LogP contribution in [0.15, 0.2) is 78.9 Å². The summed E-state index contributed by atoms with van der Waals surface area (Å²) in [7, 11) is 0. The highest BCUT2D eigenvalue weighted by Crippen LogP contribution is 2.22. The highest BCUT2D eigenvalue weighted by molar-refractivity contribution is 5.97. The minimum Gasteiger partial charge on any atom is -0.508 e. The fraction of sp³-hybridized carbons (Fsp3) is 0.480. The normalized spacial score (nSPS) is 16.1. The number of carbonyl (C=O) groups is 8. The molecule has 3 aromatic carbocycles. The molecule has 19 nitrogen and oxygen atoms in total. The number of nitrogens with two attached hydrogens (primary N) is 1. The molecule has 1 aliphatic rings. The van der Waals surface area contributed by atoms with Crippen molar-refractivity contribution in [3.8, 4) is 11.5 Å². The van der Waals surface area contributed by atoms with Crippen molar-refractivity contribution < 1.29 is 53.7 Å². The highest BCUT2D eigenvalue weighted by Gasteiger charge is 2.40. The number of benzene rings is 3. The molecule has 4 rings (SSSR count). The molecule has 1 saturated heterocycles. The Morgan fingerprint density at radius 2 is 1.12 bits per heavy atom. The lowest BCUT2D eigenvalue weighted by Crippen LogP contribution is -2.60. The van der Waals surface area contributed by atoms with Crippen LogP contribution in [0, 0.1) is 17.8 Å². The zero-order valence-corrected chi connectivity index (χ0v) is 40.1. The van der Waals surface area contributed by atoms with Crippen LogP contribution < -0.4 is 37.6 Å². The Morgan fingerprint density at radius 1 is 0.609 bits per heavy atom. The first-order valence-corrected chi connectivity index (χ1v) is 23.3. The summed E-state index contributed by atoms with van der Waals surface area (Å²) in [5, 5.41) is 45.4. The lowest BCUT2D eigenvalue weighted by atomic mass is 9.99. The number of likely N-dealkylation sites (tertiary alicyclic amines) is 1. The number of hydrogen-bond donors (Lipinski definition) is 10. The van der Waals surface area contributed by atoms with Gasteiger partial charge in [-0.15, -0.1) is 0 Å². The van der Waals surface area contributed by atoms with Crippen LogP contribution in [0.1, 0.15) is 77.5 Å². The molecular formula is C50H68N8O11. The van der Waals surface area contributed by atoms with E-state index in [1.54, 1.807) is 76.2 Å². The number of hydrogen-bond acceptors (Lipinski definition) is 11. The molecule has 0 bridgehead atoms. The van der Waals surface area contributed by atoms with Gasteiger partial charge >= 0.3 is 5.97 Å². The van der Waals surface area contributed by atoms with Gasteiger partial charge < -0.3 is 57.9 Å². The van der Waals surface area contributed by atoms with Crippen molar-refractivity contribution in [2.75, 3.05) is 13.1 Å². The molecule has 0 aliphatic carbocycles. The standard InChI is InChI=1S/C50H68N8O11/c1-28(2)23-36(51)44(62)54-37(24-31-11-8-7-9-12-31)45(63)52-27-41(61)53-39(26-33-16-20-35(60)21-17-33)49(67)58-22-10-13-40(58)47(65)56-42(29(3)4)48(66)55-38(25-32-14-18-34(59)19-15-32)46(64)57-43(30(5)6)50(68)69/h7-9,11-12,14-21,28-30,36-40,42-43,59-60H,10,13,22-27,51H2,1-6H3,(H,52,63)(H,53,61)(H,54,62)(H,55,66)(H,56,65)(H,57,64)(H,68,69)/t36-,37-,38-,39-,40-,42-,43-/m0/s1. The van der Waals surface area contributed by atoms with Crippen LogP contribution in [-0.2, 0) is 57.6 Å². The number of aromatic hydroxyl groups is 2. The molecule has 19 heteroatoms. The Balaban J connectivity index is 1.51. The topological polar surface area (TPSA) is 299 Å². The second-order valence-electron chi connectivity index (χ2n) is 18.6. The van der Waals surface area contributed by atoms with E-state index in [9.17, 15) is 53.7 Å². The van der Waals surface area contributed by atoms with Crippen LogP contribution in [0.5, 0.6) is 11.5 Å². The summed E-state index contributed by atoms with van der Waals surface area (Å²) in [6, 6.07) is 12.8. The lowest BCUT2D eigenvalue weighted by molar-refractivity contribution is -0.143. The van der Waals surface area contributed by atoms with Gasteiger partial charge in [-0.3, -0.25) is 33.6 Å². The van der Waals surface area contributed by atoms with Gasteiger partial charge in [-0.1, -0.05) is 96.1 Å². The number of carbonyl (C=O) groups excluding carboxylic acids is 7. The molecule has 7 atom stereocenters. The van der Waals surface area contributed by atoms with Gasteiger partial charge in [-0.25, -0.2) is 4.79 Å². The van der Waals surface area contributed by atoms with Crippen LogP contribution in [0.25, 0.3) is 0 Å². The fourth-order valence-electron chi connectivity index (χ4n) is 7.95. The average molecular weight is 957 g/mol. The molecule has 0 radical (unpaired) electrons. The third-order valence-corrected chi connectivity index (χ3v) is 11.7. The molecule has 0 saturated carbocycles. The number of rotatable bonds is 24. The summed E-state index contributed by atoms with van der Waals surface area (Å²) in [4.78, 5) is 110. The molecule has 11 N–H and O–H groups in total. The second-order valence-corrected chi connectivity index (χ2v) is 18.6. The van der Waals surface area contributed by atoms with Crippen molar-refractivity contribution in [1.29, 1.82) is 0 Å². The maximum absolute atomic E-state index is 14.5. The third kappa shape index (κ3) is 16.9. The molecule has 0 spiro atoms. The van der Waals surface area contributed by atoms with E-state index >= 15 is 0 Å². The number of phenols is 2. The summed E-state index contributed by atoms with van der Waals surface area (Å²) >= 11 is 0. The van der Waals surface area contributed by atoms with Crippen LogP contribution >= 0.6 is 0 Å². The van der Waals surface area contributed by atoms with Gasteiger partial charge in [0.25, 0.3) is 0 Å². The Morgan fingerprint density at radius 3 is 1.64 bits per heavy atom. The first-order chi connectivity index (χ1) is 32.6. The second kappa shape index (κ2) is 25.9. The van der Waals surface area contributed by atoms with E-state index in [1.165, 1.54) is 29.2 Å². The summed E-state index contributed by atoms with van der Waals surface area (Å²) in [6.07, 6.45) is 0.968. The monoisotopic (exact) mass is 957 g/mol. The summed E-state index contributed by atoms with van der Waals surface area (Å²) < 4.78 is 0. The van der Waals surface area contributed by atoms with E-state index in [0.29, 0.717) is 24.0 Å². The number of phenolic OH excluding ortho intramolecular Hbond substituents is 2. The minimum absolute atomic E-state index is 0.0239. The van der Waals surface area contributed by atoms with Gasteiger partial charge in [0.15, 0.2) is 0 Å². The first-order valence-electron chi connectivity index (χ1n) is 23.3. The molecule has 1 fully saturated rings. The van der Waals surface area contributed by atoms with Gasteiger partial charge in [-0.2, -0.15) is 0 Å². The van der Waals surface area contributed by atoms with Crippen molar-refractivity contribution >= 4 is 47.3 Å². The number of carboxylic acids is 1. The molecule has 0 unspecified atom stereocenters. The predicted molar refractivity (Wildman–Crippen MR) is 256 cm³/mol. The highest BCUT2D eigenvalue weighted by atomic mass is 16.4. The van der Waals surface area contributed by atoms with Gasteiger partial charge in [0.05, 0.1) is 12.6 Å². The molecule has 7 amide bonds. The summed E-state index contributed by atoms with van der Waals surface area (Å²) in [5.41, 5.74) is 7.97. The van der Waals surface area contributed by atoms with E-state index in [-0.39, 0.29) is 49.6 Å². The largest absolute Gasteiger partial charge is 0.508 e. The first kappa shape index (κ1) is 54.6. The van der Waals surface area contributed by atoms with Crippen molar-refractivity contribution in [1.82, 2.24) is 36.8 Å². The van der Waals surface area contributed by atoms with Gasteiger partial charge in [0.2, 0.25) is 41.4 Å². The predicted octanol–water partition coefficient (Wildman–Crippen LogP) is 1.43. The maximum atomic E-state index is 14.5. The van der Waals surface area contributed by atoms with E-state index in [4.69, 9.17) is 5.73 Å². The van der Waals surface area contributed by atoms with Gasteiger partial charge in [0, 0.05) is 25.8 Å². The third-order valence-electron chi connectivity index (χ3n) is 11.7. The summed E-state index contributed by atoms with van der Waals surface area (Å²) in [6.45, 7) is 9.99. The number of nitrogens with zero attached hydrogens (tertiary/aromatic N) is 1. The smallest absolute Gasteiger partial charge is 0.326 e. The van der Waals surface area contributed by atoms with Crippen LogP contribution in [0.3, 0.4) is 0 Å². The molecule has 1 aliphatic heterocycles. The molecule has 374 valence electrons. The lowest BCUT2D eigenvalue weighted by Gasteiger charge is -2.31. The maximum Gasteiger partial charge on any atom is 0.326 e. The van der Waals surface area contributed by atoms with Crippen molar-refractivity contribution in [3.63, 3.8) is 0 Å². The zero-order chi connectivity index (χ0) is 50.9. The molecular weight excluding hydrogens is 889 g/mol. The minimum atomic E-state index is -1.29. The van der Waals surface area contributed by atoms with Gasteiger partial charge in [-0.05, 0) is 78.0 Å². The van der Waals surface area contributed by atoms with E-state index in [0.717, 1.165) is 5.56 Å². The average Bonchev–Trinajstić information content (AvgIpc) is 3.79. The van der Waals surface area contributed by atoms with Crippen LogP contribution in [-0.4, -0.2) is 123 Å². The molecule has 69 heavy (non-hydrogen) atoms. The van der Waals surface area contributed by atoms with Crippen LogP contribution in [0.2, 0.25) is 0 Å².